The molecule has 2 aromatic rings. The highest BCUT2D eigenvalue weighted by Gasteiger charge is 2.10. The van der Waals surface area contributed by atoms with Crippen LogP contribution in [0.3, 0.4) is 0 Å². The highest BCUT2D eigenvalue weighted by Crippen LogP contribution is 2.32. The Bertz CT molecular complexity index is 496. The second-order valence-electron chi connectivity index (χ2n) is 4.73. The fraction of sp³-hybridized carbons (Fsp3) is 0.375. The molecule has 0 atom stereocenters. The van der Waals surface area contributed by atoms with Gasteiger partial charge in [0.2, 0.25) is 0 Å². The first-order chi connectivity index (χ1) is 8.72. The lowest BCUT2D eigenvalue weighted by Gasteiger charge is -2.07. The van der Waals surface area contributed by atoms with Crippen LogP contribution < -0.4 is 5.32 Å². The van der Waals surface area contributed by atoms with Gasteiger partial charge in [0.1, 0.15) is 0 Å². The predicted molar refractivity (Wildman–Crippen MR) is 81.2 cm³/mol. The highest BCUT2D eigenvalue weighted by atomic mass is 32.1. The first-order valence-corrected chi connectivity index (χ1v) is 7.45. The van der Waals surface area contributed by atoms with Crippen molar-refractivity contribution in [1.82, 2.24) is 5.32 Å². The third-order valence-electron chi connectivity index (χ3n) is 3.13. The molecule has 0 amide bonds. The lowest BCUT2D eigenvalue weighted by atomic mass is 10.0. The van der Waals surface area contributed by atoms with Crippen molar-refractivity contribution in [3.05, 3.63) is 45.6 Å². The summed E-state index contributed by atoms with van der Waals surface area (Å²) in [6.45, 7) is 8.60. The quantitative estimate of drug-likeness (QED) is 0.778. The van der Waals surface area contributed by atoms with E-state index in [0.29, 0.717) is 0 Å². The molecule has 0 saturated heterocycles. The monoisotopic (exact) mass is 259 g/mol. The molecule has 0 radical (unpaired) electrons. The Labute approximate surface area is 114 Å². The average molecular weight is 259 g/mol. The van der Waals surface area contributed by atoms with Gasteiger partial charge < -0.3 is 5.32 Å². The lowest BCUT2D eigenvalue weighted by Crippen LogP contribution is -2.13. The van der Waals surface area contributed by atoms with Crippen molar-refractivity contribution in [3.63, 3.8) is 0 Å². The van der Waals surface area contributed by atoms with Crippen LogP contribution in [0.4, 0.5) is 0 Å². The van der Waals surface area contributed by atoms with E-state index in [1.54, 1.807) is 0 Å². The minimum absolute atomic E-state index is 0.974. The molecule has 0 aliphatic heterocycles. The molecule has 1 aromatic carbocycles. The fourth-order valence-corrected chi connectivity index (χ4v) is 3.03. The Morgan fingerprint density at radius 3 is 2.50 bits per heavy atom. The summed E-state index contributed by atoms with van der Waals surface area (Å²) in [7, 11) is 0. The van der Waals surface area contributed by atoms with Crippen LogP contribution in [0.25, 0.3) is 11.1 Å². The largest absolute Gasteiger partial charge is 0.313 e. The number of aryl methyl sites for hydroxylation is 2. The third kappa shape index (κ3) is 3.01. The summed E-state index contributed by atoms with van der Waals surface area (Å²) in [4.78, 5) is 1.41. The molecule has 96 valence electrons. The molecule has 1 N–H and O–H groups in total. The summed E-state index contributed by atoms with van der Waals surface area (Å²) in [6.07, 6.45) is 1.18. The molecule has 0 aliphatic rings. The molecule has 0 spiro atoms. The average Bonchev–Trinajstić information content (AvgIpc) is 2.72. The summed E-state index contributed by atoms with van der Waals surface area (Å²) in [5.41, 5.74) is 5.50. The number of hydrogen-bond donors (Lipinski definition) is 1. The molecule has 0 aliphatic carbocycles. The van der Waals surface area contributed by atoms with Crippen molar-refractivity contribution in [2.24, 2.45) is 0 Å². The van der Waals surface area contributed by atoms with Gasteiger partial charge in [0.05, 0.1) is 0 Å². The zero-order chi connectivity index (χ0) is 13.0. The Balaban J connectivity index is 2.25. The normalized spacial score (nSPS) is 10.8. The lowest BCUT2D eigenvalue weighted by molar-refractivity contribution is 0.677. The van der Waals surface area contributed by atoms with Crippen LogP contribution in [0.2, 0.25) is 0 Å². The maximum atomic E-state index is 3.49. The number of nitrogens with one attached hydrogen (secondary N) is 1. The Morgan fingerprint density at radius 1 is 1.11 bits per heavy atom. The van der Waals surface area contributed by atoms with Gasteiger partial charge in [-0.1, -0.05) is 36.8 Å². The smallest absolute Gasteiger partial charge is 0.0220 e. The zero-order valence-electron chi connectivity index (χ0n) is 11.4. The molecule has 1 heterocycles. The van der Waals surface area contributed by atoms with Crippen molar-refractivity contribution in [2.45, 2.75) is 33.7 Å². The molecule has 1 aromatic heterocycles. The van der Waals surface area contributed by atoms with Gasteiger partial charge >= 0.3 is 0 Å². The van der Waals surface area contributed by atoms with Gasteiger partial charge in [-0.05, 0) is 48.9 Å². The summed E-state index contributed by atoms with van der Waals surface area (Å²) >= 11 is 1.85. The van der Waals surface area contributed by atoms with Gasteiger partial charge in [-0.3, -0.25) is 0 Å². The number of benzene rings is 1. The predicted octanol–water partition coefficient (Wildman–Crippen LogP) is 4.53. The second-order valence-corrected chi connectivity index (χ2v) is 5.82. The molecule has 0 unspecified atom stereocenters. The van der Waals surface area contributed by atoms with Crippen molar-refractivity contribution < 1.29 is 0 Å². The highest BCUT2D eigenvalue weighted by molar-refractivity contribution is 7.10. The van der Waals surface area contributed by atoms with Gasteiger partial charge in [-0.25, -0.2) is 0 Å². The van der Waals surface area contributed by atoms with Gasteiger partial charge in [0, 0.05) is 11.4 Å². The van der Waals surface area contributed by atoms with E-state index >= 15 is 0 Å². The molecule has 2 heteroatoms. The van der Waals surface area contributed by atoms with E-state index in [0.717, 1.165) is 13.1 Å². The summed E-state index contributed by atoms with van der Waals surface area (Å²) in [6, 6.07) is 8.84. The maximum absolute atomic E-state index is 3.49. The van der Waals surface area contributed by atoms with Crippen LogP contribution in [-0.2, 0) is 6.54 Å². The van der Waals surface area contributed by atoms with E-state index in [2.05, 4.69) is 55.7 Å². The van der Waals surface area contributed by atoms with Crippen molar-refractivity contribution in [2.75, 3.05) is 6.54 Å². The van der Waals surface area contributed by atoms with Crippen LogP contribution in [0.15, 0.2) is 29.6 Å². The molecule has 1 nitrogen and oxygen atoms in total. The molecular formula is C16H21NS. The number of hydrogen-bond acceptors (Lipinski definition) is 2. The van der Waals surface area contributed by atoms with Crippen LogP contribution >= 0.6 is 11.3 Å². The topological polar surface area (TPSA) is 12.0 Å². The maximum Gasteiger partial charge on any atom is 0.0220 e. The van der Waals surface area contributed by atoms with E-state index in [1.165, 1.54) is 33.6 Å². The fourth-order valence-electron chi connectivity index (χ4n) is 2.14. The molecule has 0 saturated carbocycles. The standard InChI is InChI=1S/C16H21NS/c1-4-9-17-10-15-11-18-13(3)16(15)14-7-5-12(2)6-8-14/h5-8,11,17H,4,9-10H2,1-3H3. The van der Waals surface area contributed by atoms with Crippen molar-refractivity contribution >= 4 is 11.3 Å². The zero-order valence-corrected chi connectivity index (χ0v) is 12.2. The summed E-state index contributed by atoms with van der Waals surface area (Å²) < 4.78 is 0. The first-order valence-electron chi connectivity index (χ1n) is 6.57. The summed E-state index contributed by atoms with van der Waals surface area (Å²) in [5, 5.41) is 5.78. The Kier molecular flexibility index (Phi) is 4.56. The van der Waals surface area contributed by atoms with E-state index < -0.39 is 0 Å². The van der Waals surface area contributed by atoms with Crippen molar-refractivity contribution in [3.8, 4) is 11.1 Å². The number of rotatable bonds is 5. The minimum Gasteiger partial charge on any atom is -0.313 e. The molecule has 18 heavy (non-hydrogen) atoms. The van der Waals surface area contributed by atoms with Crippen molar-refractivity contribution in [1.29, 1.82) is 0 Å². The van der Waals surface area contributed by atoms with Crippen LogP contribution in [-0.4, -0.2) is 6.54 Å². The SMILES string of the molecule is CCCNCc1csc(C)c1-c1ccc(C)cc1. The van der Waals surface area contributed by atoms with E-state index in [-0.39, 0.29) is 0 Å². The van der Waals surface area contributed by atoms with E-state index in [4.69, 9.17) is 0 Å². The number of thiophene rings is 1. The molecule has 0 fully saturated rings. The van der Waals surface area contributed by atoms with Gasteiger partial charge in [0.15, 0.2) is 0 Å². The molecular weight excluding hydrogens is 238 g/mol. The second kappa shape index (κ2) is 6.17. The molecule has 2 rings (SSSR count). The minimum atomic E-state index is 0.974. The summed E-state index contributed by atoms with van der Waals surface area (Å²) in [5.74, 6) is 0. The first kappa shape index (κ1) is 13.3. The Hall–Kier alpha value is -1.12. The van der Waals surface area contributed by atoms with Gasteiger partial charge in [0.25, 0.3) is 0 Å². The Morgan fingerprint density at radius 2 is 1.83 bits per heavy atom. The third-order valence-corrected chi connectivity index (χ3v) is 4.09. The van der Waals surface area contributed by atoms with Gasteiger partial charge in [-0.2, -0.15) is 0 Å². The van der Waals surface area contributed by atoms with E-state index in [9.17, 15) is 0 Å². The van der Waals surface area contributed by atoms with Crippen LogP contribution in [0.5, 0.6) is 0 Å². The molecule has 0 bridgehead atoms. The van der Waals surface area contributed by atoms with Crippen LogP contribution in [0.1, 0.15) is 29.3 Å². The van der Waals surface area contributed by atoms with Crippen LogP contribution in [0, 0.1) is 13.8 Å². The van der Waals surface area contributed by atoms with Gasteiger partial charge in [-0.15, -0.1) is 11.3 Å². The van der Waals surface area contributed by atoms with E-state index in [1.807, 2.05) is 11.3 Å².